The van der Waals surface area contributed by atoms with Crippen molar-refractivity contribution in [2.75, 3.05) is 13.2 Å². The molecule has 0 radical (unpaired) electrons. The maximum Gasteiger partial charge on any atom is 0.270 e. The lowest BCUT2D eigenvalue weighted by molar-refractivity contribution is 0.0942. The Morgan fingerprint density at radius 2 is 1.58 bits per heavy atom. The van der Waals surface area contributed by atoms with Crippen molar-refractivity contribution in [3.05, 3.63) is 84.6 Å². The maximum absolute atomic E-state index is 12.2. The van der Waals surface area contributed by atoms with Gasteiger partial charge in [0.25, 0.3) is 5.91 Å². The van der Waals surface area contributed by atoms with Gasteiger partial charge in [-0.2, -0.15) is 0 Å². The molecule has 3 rings (SSSR count). The Kier molecular flexibility index (Phi) is 5.20. The second-order valence-electron chi connectivity index (χ2n) is 5.19. The maximum atomic E-state index is 12.2. The van der Waals surface area contributed by atoms with Crippen molar-refractivity contribution in [2.24, 2.45) is 0 Å². The fourth-order valence-electron chi connectivity index (χ4n) is 2.27. The van der Waals surface area contributed by atoms with Crippen LogP contribution >= 0.6 is 0 Å². The number of hydrogen-bond donors (Lipinski definition) is 1. The molecule has 0 saturated heterocycles. The molecule has 24 heavy (non-hydrogen) atoms. The third-order valence-electron chi connectivity index (χ3n) is 3.45. The summed E-state index contributed by atoms with van der Waals surface area (Å²) in [6.45, 7) is 0.832. The van der Waals surface area contributed by atoms with E-state index in [1.165, 1.54) is 0 Å². The summed E-state index contributed by atoms with van der Waals surface area (Å²) in [5.74, 6) is 0.584. The van der Waals surface area contributed by atoms with Crippen molar-refractivity contribution in [3.8, 4) is 17.0 Å². The predicted octanol–water partition coefficient (Wildman–Crippen LogP) is 3.56. The minimum Gasteiger partial charge on any atom is -0.492 e. The fourth-order valence-corrected chi connectivity index (χ4v) is 2.27. The van der Waals surface area contributed by atoms with Crippen LogP contribution in [0.4, 0.5) is 0 Å². The van der Waals surface area contributed by atoms with Gasteiger partial charge in [-0.3, -0.25) is 4.79 Å². The van der Waals surface area contributed by atoms with Gasteiger partial charge in [0.05, 0.1) is 12.2 Å². The highest BCUT2D eigenvalue weighted by Gasteiger charge is 2.08. The van der Waals surface area contributed by atoms with Crippen LogP contribution < -0.4 is 10.1 Å². The zero-order valence-corrected chi connectivity index (χ0v) is 13.2. The molecule has 0 fully saturated rings. The smallest absolute Gasteiger partial charge is 0.270 e. The van der Waals surface area contributed by atoms with E-state index in [1.54, 1.807) is 6.07 Å². The molecule has 0 bridgehead atoms. The van der Waals surface area contributed by atoms with E-state index in [0.717, 1.165) is 17.0 Å². The van der Waals surface area contributed by atoms with Gasteiger partial charge in [0.2, 0.25) is 0 Å². The van der Waals surface area contributed by atoms with Gasteiger partial charge in [0, 0.05) is 5.56 Å². The molecule has 2 aromatic carbocycles. The molecule has 1 amide bonds. The normalized spacial score (nSPS) is 10.2. The molecule has 0 atom stereocenters. The van der Waals surface area contributed by atoms with Crippen LogP contribution in [0.2, 0.25) is 0 Å². The Morgan fingerprint density at radius 3 is 2.33 bits per heavy atom. The molecule has 0 saturated carbocycles. The number of para-hydroxylation sites is 1. The molecule has 0 aliphatic heterocycles. The number of aromatic nitrogens is 1. The van der Waals surface area contributed by atoms with Crippen molar-refractivity contribution in [3.63, 3.8) is 0 Å². The Hall–Kier alpha value is -3.14. The van der Waals surface area contributed by atoms with E-state index in [2.05, 4.69) is 10.3 Å². The van der Waals surface area contributed by atoms with Gasteiger partial charge >= 0.3 is 0 Å². The highest BCUT2D eigenvalue weighted by atomic mass is 16.5. The number of carbonyl (C=O) groups excluding carboxylic acids is 1. The summed E-state index contributed by atoms with van der Waals surface area (Å²) >= 11 is 0. The first-order valence-corrected chi connectivity index (χ1v) is 7.81. The van der Waals surface area contributed by atoms with E-state index in [1.807, 2.05) is 72.8 Å². The zero-order chi connectivity index (χ0) is 16.6. The summed E-state index contributed by atoms with van der Waals surface area (Å²) in [4.78, 5) is 16.6. The molecule has 0 spiro atoms. The molecule has 3 aromatic rings. The SMILES string of the molecule is O=C(NCCOc1ccccc1)c1cccc(-c2ccccc2)n1. The van der Waals surface area contributed by atoms with Crippen molar-refractivity contribution in [2.45, 2.75) is 0 Å². The Morgan fingerprint density at radius 1 is 0.875 bits per heavy atom. The lowest BCUT2D eigenvalue weighted by Gasteiger charge is -2.08. The van der Waals surface area contributed by atoms with Crippen molar-refractivity contribution >= 4 is 5.91 Å². The topological polar surface area (TPSA) is 51.2 Å². The molecule has 4 heteroatoms. The average molecular weight is 318 g/mol. The lowest BCUT2D eigenvalue weighted by Crippen LogP contribution is -2.28. The molecule has 0 unspecified atom stereocenters. The van der Waals surface area contributed by atoms with E-state index in [-0.39, 0.29) is 5.91 Å². The summed E-state index contributed by atoms with van der Waals surface area (Å²) in [5.41, 5.74) is 2.17. The summed E-state index contributed by atoms with van der Waals surface area (Å²) in [7, 11) is 0. The van der Waals surface area contributed by atoms with Crippen LogP contribution in [0.15, 0.2) is 78.9 Å². The standard InChI is InChI=1S/C20H18N2O2/c23-20(21-14-15-24-17-10-5-2-6-11-17)19-13-7-12-18(22-19)16-8-3-1-4-9-16/h1-13H,14-15H2,(H,21,23). The predicted molar refractivity (Wildman–Crippen MR) is 93.9 cm³/mol. The van der Waals surface area contributed by atoms with Gasteiger partial charge in [0.15, 0.2) is 0 Å². The first-order chi connectivity index (χ1) is 11.8. The van der Waals surface area contributed by atoms with Crippen LogP contribution in [-0.4, -0.2) is 24.0 Å². The Balaban J connectivity index is 1.55. The second-order valence-corrected chi connectivity index (χ2v) is 5.19. The van der Waals surface area contributed by atoms with Gasteiger partial charge in [0.1, 0.15) is 18.1 Å². The van der Waals surface area contributed by atoms with E-state index in [9.17, 15) is 4.79 Å². The van der Waals surface area contributed by atoms with Gasteiger partial charge in [-0.05, 0) is 24.3 Å². The van der Waals surface area contributed by atoms with Crippen molar-refractivity contribution < 1.29 is 9.53 Å². The first-order valence-electron chi connectivity index (χ1n) is 7.81. The molecule has 0 aliphatic carbocycles. The monoisotopic (exact) mass is 318 g/mol. The van der Waals surface area contributed by atoms with Crippen LogP contribution in [0.1, 0.15) is 10.5 Å². The number of nitrogens with zero attached hydrogens (tertiary/aromatic N) is 1. The highest BCUT2D eigenvalue weighted by Crippen LogP contribution is 2.16. The van der Waals surface area contributed by atoms with E-state index in [0.29, 0.717) is 18.8 Å². The average Bonchev–Trinajstić information content (AvgIpc) is 2.67. The third-order valence-corrected chi connectivity index (χ3v) is 3.45. The van der Waals surface area contributed by atoms with Gasteiger partial charge in [-0.25, -0.2) is 4.98 Å². The van der Waals surface area contributed by atoms with Crippen LogP contribution in [0, 0.1) is 0 Å². The number of ether oxygens (including phenoxy) is 1. The van der Waals surface area contributed by atoms with Crippen molar-refractivity contribution in [1.29, 1.82) is 0 Å². The van der Waals surface area contributed by atoms with Crippen LogP contribution in [0.25, 0.3) is 11.3 Å². The van der Waals surface area contributed by atoms with Gasteiger partial charge in [-0.1, -0.05) is 54.6 Å². The summed E-state index contributed by atoms with van der Waals surface area (Å²) in [6, 6.07) is 24.7. The number of benzene rings is 2. The highest BCUT2D eigenvalue weighted by molar-refractivity contribution is 5.92. The number of pyridine rings is 1. The second kappa shape index (κ2) is 7.92. The number of rotatable bonds is 6. The van der Waals surface area contributed by atoms with Crippen LogP contribution in [0.3, 0.4) is 0 Å². The van der Waals surface area contributed by atoms with E-state index < -0.39 is 0 Å². The fraction of sp³-hybridized carbons (Fsp3) is 0.100. The van der Waals surface area contributed by atoms with E-state index >= 15 is 0 Å². The molecular formula is C20H18N2O2. The molecular weight excluding hydrogens is 300 g/mol. The quantitative estimate of drug-likeness (QED) is 0.707. The molecule has 0 aliphatic rings. The van der Waals surface area contributed by atoms with Gasteiger partial charge < -0.3 is 10.1 Å². The molecule has 1 aromatic heterocycles. The minimum absolute atomic E-state index is 0.204. The van der Waals surface area contributed by atoms with Crippen LogP contribution in [0.5, 0.6) is 5.75 Å². The minimum atomic E-state index is -0.204. The third kappa shape index (κ3) is 4.20. The first kappa shape index (κ1) is 15.7. The number of amides is 1. The number of hydrogen-bond acceptors (Lipinski definition) is 3. The largest absolute Gasteiger partial charge is 0.492 e. The zero-order valence-electron chi connectivity index (χ0n) is 13.2. The van der Waals surface area contributed by atoms with Gasteiger partial charge in [-0.15, -0.1) is 0 Å². The Labute approximate surface area is 141 Å². The lowest BCUT2D eigenvalue weighted by atomic mass is 10.1. The van der Waals surface area contributed by atoms with Crippen LogP contribution in [-0.2, 0) is 0 Å². The summed E-state index contributed by atoms with van der Waals surface area (Å²) in [5, 5.41) is 2.82. The van der Waals surface area contributed by atoms with E-state index in [4.69, 9.17) is 4.74 Å². The number of nitrogens with one attached hydrogen (secondary N) is 1. The molecule has 120 valence electrons. The summed E-state index contributed by atoms with van der Waals surface area (Å²) in [6.07, 6.45) is 0. The summed E-state index contributed by atoms with van der Waals surface area (Å²) < 4.78 is 5.55. The van der Waals surface area contributed by atoms with Crippen molar-refractivity contribution in [1.82, 2.24) is 10.3 Å². The number of carbonyl (C=O) groups is 1. The molecule has 1 N–H and O–H groups in total. The Bertz CT molecular complexity index is 789. The molecule has 4 nitrogen and oxygen atoms in total. The molecule has 1 heterocycles.